The van der Waals surface area contributed by atoms with Crippen molar-refractivity contribution in [3.8, 4) is 11.5 Å². The lowest BCUT2D eigenvalue weighted by atomic mass is 9.97. The third kappa shape index (κ3) is 1.68. The molecule has 0 saturated heterocycles. The van der Waals surface area contributed by atoms with Gasteiger partial charge in [0.15, 0.2) is 0 Å². The molecule has 0 saturated carbocycles. The molecule has 14 heavy (non-hydrogen) atoms. The van der Waals surface area contributed by atoms with Gasteiger partial charge in [0.05, 0.1) is 13.7 Å². The van der Waals surface area contributed by atoms with Crippen LogP contribution < -0.4 is 9.47 Å². The van der Waals surface area contributed by atoms with Crippen molar-refractivity contribution in [2.45, 2.75) is 6.42 Å². The van der Waals surface area contributed by atoms with E-state index in [0.29, 0.717) is 6.61 Å². The lowest BCUT2D eigenvalue weighted by molar-refractivity contribution is 0.146. The molecule has 1 unspecified atom stereocenters. The molecule has 3 heteroatoms. The van der Waals surface area contributed by atoms with Gasteiger partial charge in [-0.1, -0.05) is 6.07 Å². The van der Waals surface area contributed by atoms with Crippen LogP contribution >= 0.6 is 0 Å². The van der Waals surface area contributed by atoms with Crippen molar-refractivity contribution in [1.82, 2.24) is 0 Å². The summed E-state index contributed by atoms with van der Waals surface area (Å²) in [5, 5.41) is 9.01. The van der Waals surface area contributed by atoms with Crippen LogP contribution in [0.2, 0.25) is 0 Å². The van der Waals surface area contributed by atoms with Gasteiger partial charge in [-0.05, 0) is 18.1 Å². The minimum absolute atomic E-state index is 0.186. The molecular formula is C11H14O3. The molecule has 0 bridgehead atoms. The molecule has 2 rings (SSSR count). The molecule has 0 aliphatic carbocycles. The number of aliphatic hydroxyl groups is 1. The van der Waals surface area contributed by atoms with Gasteiger partial charge in [0.2, 0.25) is 0 Å². The predicted molar refractivity (Wildman–Crippen MR) is 52.8 cm³/mol. The fraction of sp³-hybridized carbons (Fsp3) is 0.455. The van der Waals surface area contributed by atoms with Crippen molar-refractivity contribution < 1.29 is 14.6 Å². The number of ether oxygens (including phenoxy) is 2. The zero-order valence-electron chi connectivity index (χ0n) is 8.19. The molecule has 1 atom stereocenters. The second-order valence-electron chi connectivity index (χ2n) is 3.54. The van der Waals surface area contributed by atoms with Gasteiger partial charge in [0.25, 0.3) is 0 Å². The Morgan fingerprint density at radius 2 is 2.43 bits per heavy atom. The van der Waals surface area contributed by atoms with E-state index in [1.807, 2.05) is 18.2 Å². The summed E-state index contributed by atoms with van der Waals surface area (Å²) in [6.45, 7) is 0.780. The third-order valence-corrected chi connectivity index (χ3v) is 2.52. The Labute approximate surface area is 83.3 Å². The molecule has 0 aromatic heterocycles. The van der Waals surface area contributed by atoms with E-state index in [0.717, 1.165) is 23.5 Å². The summed E-state index contributed by atoms with van der Waals surface area (Å²) >= 11 is 0. The number of hydrogen-bond acceptors (Lipinski definition) is 3. The summed E-state index contributed by atoms with van der Waals surface area (Å²) in [5.41, 5.74) is 1.15. The number of hydrogen-bond donors (Lipinski definition) is 1. The molecule has 1 N–H and O–H groups in total. The van der Waals surface area contributed by atoms with Crippen molar-refractivity contribution >= 4 is 0 Å². The highest BCUT2D eigenvalue weighted by atomic mass is 16.5. The third-order valence-electron chi connectivity index (χ3n) is 2.52. The van der Waals surface area contributed by atoms with E-state index in [1.54, 1.807) is 7.11 Å². The zero-order chi connectivity index (χ0) is 9.97. The van der Waals surface area contributed by atoms with Crippen LogP contribution in [-0.4, -0.2) is 25.4 Å². The zero-order valence-corrected chi connectivity index (χ0v) is 8.19. The smallest absolute Gasteiger partial charge is 0.126 e. The SMILES string of the molecule is COc1ccc2c(c1)OCC(CO)C2. The quantitative estimate of drug-likeness (QED) is 0.769. The second kappa shape index (κ2) is 3.88. The highest BCUT2D eigenvalue weighted by Crippen LogP contribution is 2.30. The Bertz CT molecular complexity index is 322. The molecule has 1 heterocycles. The summed E-state index contributed by atoms with van der Waals surface area (Å²) in [6.07, 6.45) is 0.885. The van der Waals surface area contributed by atoms with Crippen LogP contribution in [0.5, 0.6) is 11.5 Å². The fourth-order valence-corrected chi connectivity index (χ4v) is 1.66. The Hall–Kier alpha value is -1.22. The highest BCUT2D eigenvalue weighted by Gasteiger charge is 2.19. The van der Waals surface area contributed by atoms with Crippen LogP contribution in [0, 0.1) is 5.92 Å². The van der Waals surface area contributed by atoms with E-state index in [4.69, 9.17) is 14.6 Å². The molecule has 1 aromatic carbocycles. The molecule has 3 nitrogen and oxygen atoms in total. The Balaban J connectivity index is 2.23. The summed E-state index contributed by atoms with van der Waals surface area (Å²) < 4.78 is 10.6. The van der Waals surface area contributed by atoms with Crippen molar-refractivity contribution in [2.75, 3.05) is 20.3 Å². The van der Waals surface area contributed by atoms with Gasteiger partial charge in [-0.25, -0.2) is 0 Å². The number of aliphatic hydroxyl groups excluding tert-OH is 1. The van der Waals surface area contributed by atoms with Crippen LogP contribution in [0.25, 0.3) is 0 Å². The first-order valence-corrected chi connectivity index (χ1v) is 4.74. The molecule has 1 aromatic rings. The average molecular weight is 194 g/mol. The van der Waals surface area contributed by atoms with E-state index in [1.165, 1.54) is 0 Å². The van der Waals surface area contributed by atoms with Gasteiger partial charge < -0.3 is 14.6 Å². The maximum absolute atomic E-state index is 9.01. The highest BCUT2D eigenvalue weighted by molar-refractivity contribution is 5.42. The lowest BCUT2D eigenvalue weighted by Gasteiger charge is -2.24. The summed E-state index contributed by atoms with van der Waals surface area (Å²) in [6, 6.07) is 5.81. The predicted octanol–water partition coefficient (Wildman–Crippen LogP) is 1.24. The monoisotopic (exact) mass is 194 g/mol. The van der Waals surface area contributed by atoms with Gasteiger partial charge in [0, 0.05) is 18.6 Å². The summed E-state index contributed by atoms with van der Waals surface area (Å²) in [5.74, 6) is 1.93. The molecule has 1 aliphatic heterocycles. The number of methoxy groups -OCH3 is 1. The Kier molecular flexibility index (Phi) is 2.59. The maximum atomic E-state index is 9.01. The first kappa shape index (κ1) is 9.34. The molecule has 0 spiro atoms. The maximum Gasteiger partial charge on any atom is 0.126 e. The largest absolute Gasteiger partial charge is 0.497 e. The number of benzene rings is 1. The summed E-state index contributed by atoms with van der Waals surface area (Å²) in [7, 11) is 1.64. The van der Waals surface area contributed by atoms with Crippen molar-refractivity contribution in [3.05, 3.63) is 23.8 Å². The van der Waals surface area contributed by atoms with Crippen LogP contribution in [0.3, 0.4) is 0 Å². The van der Waals surface area contributed by atoms with Gasteiger partial charge >= 0.3 is 0 Å². The lowest BCUT2D eigenvalue weighted by Crippen LogP contribution is -2.23. The molecule has 76 valence electrons. The van der Waals surface area contributed by atoms with Crippen molar-refractivity contribution in [1.29, 1.82) is 0 Å². The van der Waals surface area contributed by atoms with E-state index < -0.39 is 0 Å². The van der Waals surface area contributed by atoms with E-state index in [2.05, 4.69) is 0 Å². The van der Waals surface area contributed by atoms with E-state index >= 15 is 0 Å². The van der Waals surface area contributed by atoms with E-state index in [9.17, 15) is 0 Å². The number of rotatable bonds is 2. The minimum atomic E-state index is 0.186. The normalized spacial score (nSPS) is 19.7. The molecule has 0 amide bonds. The van der Waals surface area contributed by atoms with Crippen molar-refractivity contribution in [3.63, 3.8) is 0 Å². The topological polar surface area (TPSA) is 38.7 Å². The van der Waals surface area contributed by atoms with Gasteiger partial charge in [-0.3, -0.25) is 0 Å². The molecule has 1 aliphatic rings. The van der Waals surface area contributed by atoms with Crippen LogP contribution in [-0.2, 0) is 6.42 Å². The van der Waals surface area contributed by atoms with Gasteiger partial charge in [-0.15, -0.1) is 0 Å². The van der Waals surface area contributed by atoms with Crippen molar-refractivity contribution in [2.24, 2.45) is 5.92 Å². The Morgan fingerprint density at radius 1 is 1.57 bits per heavy atom. The van der Waals surface area contributed by atoms with Gasteiger partial charge in [0.1, 0.15) is 11.5 Å². The van der Waals surface area contributed by atoms with E-state index in [-0.39, 0.29) is 12.5 Å². The summed E-state index contributed by atoms with van der Waals surface area (Å²) in [4.78, 5) is 0. The van der Waals surface area contributed by atoms with Crippen LogP contribution in [0.15, 0.2) is 18.2 Å². The fourth-order valence-electron chi connectivity index (χ4n) is 1.66. The van der Waals surface area contributed by atoms with Crippen LogP contribution in [0.4, 0.5) is 0 Å². The minimum Gasteiger partial charge on any atom is -0.497 e. The first-order valence-electron chi connectivity index (χ1n) is 4.74. The van der Waals surface area contributed by atoms with Crippen LogP contribution in [0.1, 0.15) is 5.56 Å². The Morgan fingerprint density at radius 3 is 3.14 bits per heavy atom. The number of fused-ring (bicyclic) bond motifs is 1. The second-order valence-corrected chi connectivity index (χ2v) is 3.54. The standard InChI is InChI=1S/C11H14O3/c1-13-10-3-2-9-4-8(6-12)7-14-11(9)5-10/h2-3,5,8,12H,4,6-7H2,1H3. The first-order chi connectivity index (χ1) is 6.83. The van der Waals surface area contributed by atoms with Gasteiger partial charge in [-0.2, -0.15) is 0 Å². The molecule has 0 radical (unpaired) electrons. The average Bonchev–Trinajstić information content (AvgIpc) is 2.27. The molecular weight excluding hydrogens is 180 g/mol. The molecule has 0 fully saturated rings.